The average Bonchev–Trinajstić information content (AvgIpc) is 3.44. The summed E-state index contributed by atoms with van der Waals surface area (Å²) >= 11 is 0. The van der Waals surface area contributed by atoms with Gasteiger partial charge in [0.25, 0.3) is 0 Å². The molecule has 0 saturated carbocycles. The van der Waals surface area contributed by atoms with Crippen LogP contribution in [-0.4, -0.2) is 44.5 Å². The molecule has 4 heterocycles. The smallest absolute Gasteiger partial charge is 0.118 e. The number of methoxy groups -OCH3 is 1. The van der Waals surface area contributed by atoms with Crippen molar-refractivity contribution in [3.8, 4) is 17.0 Å². The Bertz CT molecular complexity index is 1620. The number of hydrogen-bond donors (Lipinski definition) is 1. The second-order valence-corrected chi connectivity index (χ2v) is 11.2. The zero-order valence-electron chi connectivity index (χ0n) is 23.3. The number of rotatable bonds is 6. The summed E-state index contributed by atoms with van der Waals surface area (Å²) in [6.45, 7) is 7.21. The number of aryl methyl sites for hydroxylation is 2. The zero-order valence-corrected chi connectivity index (χ0v) is 23.3. The van der Waals surface area contributed by atoms with Crippen LogP contribution in [-0.2, 0) is 17.4 Å². The van der Waals surface area contributed by atoms with Crippen molar-refractivity contribution in [3.05, 3.63) is 77.9 Å². The van der Waals surface area contributed by atoms with E-state index in [0.29, 0.717) is 5.92 Å². The van der Waals surface area contributed by atoms with Crippen LogP contribution in [0.15, 0.2) is 61.1 Å². The lowest BCUT2D eigenvalue weighted by molar-refractivity contribution is 0.0552. The summed E-state index contributed by atoms with van der Waals surface area (Å²) in [5.74, 6) is 1.21. The van der Waals surface area contributed by atoms with Crippen molar-refractivity contribution in [2.75, 3.05) is 20.3 Å². The van der Waals surface area contributed by atoms with E-state index in [9.17, 15) is 5.11 Å². The molecule has 1 saturated heterocycles. The van der Waals surface area contributed by atoms with Crippen molar-refractivity contribution in [1.29, 1.82) is 0 Å². The maximum Gasteiger partial charge on any atom is 0.118 e. The fraction of sp³-hybridized carbons (Fsp3) is 0.375. The van der Waals surface area contributed by atoms with Gasteiger partial charge in [-0.1, -0.05) is 24.3 Å². The Kier molecular flexibility index (Phi) is 6.44. The fourth-order valence-corrected chi connectivity index (χ4v) is 6.14. The van der Waals surface area contributed by atoms with Gasteiger partial charge in [-0.15, -0.1) is 0 Å². The molecule has 7 nitrogen and oxygen atoms in total. The molecule has 0 amide bonds. The van der Waals surface area contributed by atoms with Crippen LogP contribution in [0.5, 0.6) is 5.75 Å². The summed E-state index contributed by atoms with van der Waals surface area (Å²) in [6.07, 6.45) is 5.74. The summed E-state index contributed by atoms with van der Waals surface area (Å²) in [6, 6.07) is 17.0. The number of ether oxygens (including phenoxy) is 2. The summed E-state index contributed by atoms with van der Waals surface area (Å²) in [4.78, 5) is 9.56. The number of fused-ring (bicyclic) bond motifs is 3. The number of imidazole rings is 1. The van der Waals surface area contributed by atoms with E-state index >= 15 is 0 Å². The van der Waals surface area contributed by atoms with Gasteiger partial charge in [-0.2, -0.15) is 0 Å². The molecule has 1 aliphatic heterocycles. The standard InChI is InChI=1S/C32H36N4O3/c1-20-30(35(4)19-34-20)23-16-28-29(33-18-23)26-11-8-24(32(2,3)37)17-27(26)36(28)31(22-12-14-39-15-13-22)21-6-9-25(38-5)10-7-21/h6-11,16-19,22,31,37H,12-15H2,1-5H3. The topological polar surface area (TPSA) is 74.3 Å². The third-order valence-electron chi connectivity index (χ3n) is 8.19. The SMILES string of the molecule is COc1ccc(C(C2CCOCC2)n2c3cc(C(C)(C)O)ccc3c3ncc(-c4c(C)ncn4C)cc32)cc1. The summed E-state index contributed by atoms with van der Waals surface area (Å²) in [5.41, 5.74) is 7.31. The highest BCUT2D eigenvalue weighted by Gasteiger charge is 2.31. The van der Waals surface area contributed by atoms with Crippen LogP contribution in [0.1, 0.15) is 49.6 Å². The van der Waals surface area contributed by atoms with Gasteiger partial charge in [0, 0.05) is 37.4 Å². The molecule has 1 atom stereocenters. The lowest BCUT2D eigenvalue weighted by Crippen LogP contribution is -2.27. The van der Waals surface area contributed by atoms with Gasteiger partial charge in [0.15, 0.2) is 0 Å². The summed E-state index contributed by atoms with van der Waals surface area (Å²) in [7, 11) is 3.72. The lowest BCUT2D eigenvalue weighted by Gasteiger charge is -2.33. The first kappa shape index (κ1) is 25.6. The van der Waals surface area contributed by atoms with Crippen molar-refractivity contribution >= 4 is 21.9 Å². The highest BCUT2D eigenvalue weighted by molar-refractivity contribution is 6.07. The van der Waals surface area contributed by atoms with Crippen LogP contribution < -0.4 is 4.74 Å². The van der Waals surface area contributed by atoms with Crippen molar-refractivity contribution in [3.63, 3.8) is 0 Å². The highest BCUT2D eigenvalue weighted by Crippen LogP contribution is 2.42. The molecule has 7 heteroatoms. The predicted octanol–water partition coefficient (Wildman–Crippen LogP) is 6.15. The first-order valence-corrected chi connectivity index (χ1v) is 13.6. The Hall–Kier alpha value is -3.68. The minimum absolute atomic E-state index is 0.0570. The van der Waals surface area contributed by atoms with Crippen LogP contribution in [0.4, 0.5) is 0 Å². The van der Waals surface area contributed by atoms with Crippen molar-refractivity contribution in [2.45, 2.75) is 45.3 Å². The van der Waals surface area contributed by atoms with Crippen LogP contribution >= 0.6 is 0 Å². The third-order valence-corrected chi connectivity index (χ3v) is 8.19. The molecular weight excluding hydrogens is 488 g/mol. The van der Waals surface area contributed by atoms with E-state index in [-0.39, 0.29) is 6.04 Å². The Morgan fingerprint density at radius 2 is 1.77 bits per heavy atom. The van der Waals surface area contributed by atoms with E-state index in [2.05, 4.69) is 44.5 Å². The number of benzene rings is 2. The van der Waals surface area contributed by atoms with Gasteiger partial charge in [0.2, 0.25) is 0 Å². The van der Waals surface area contributed by atoms with Gasteiger partial charge in [0.1, 0.15) is 5.75 Å². The van der Waals surface area contributed by atoms with Gasteiger partial charge in [-0.05, 0) is 74.9 Å². The Morgan fingerprint density at radius 1 is 1.03 bits per heavy atom. The fourth-order valence-electron chi connectivity index (χ4n) is 6.14. The molecule has 3 aromatic heterocycles. The number of aliphatic hydroxyl groups is 1. The third kappa shape index (κ3) is 4.49. The molecule has 202 valence electrons. The molecule has 2 aromatic carbocycles. The minimum Gasteiger partial charge on any atom is -0.497 e. The number of aromatic nitrogens is 4. The molecule has 1 N–H and O–H groups in total. The van der Waals surface area contributed by atoms with E-state index in [1.807, 2.05) is 58.5 Å². The second kappa shape index (κ2) is 9.81. The van der Waals surface area contributed by atoms with Gasteiger partial charge >= 0.3 is 0 Å². The number of pyridine rings is 1. The van der Waals surface area contributed by atoms with Crippen molar-refractivity contribution < 1.29 is 14.6 Å². The van der Waals surface area contributed by atoms with Crippen molar-refractivity contribution in [1.82, 2.24) is 19.1 Å². The van der Waals surface area contributed by atoms with Crippen LogP contribution in [0, 0.1) is 12.8 Å². The number of nitrogens with zero attached hydrogens (tertiary/aromatic N) is 4. The van der Waals surface area contributed by atoms with Crippen molar-refractivity contribution in [2.24, 2.45) is 13.0 Å². The molecule has 0 radical (unpaired) electrons. The molecule has 0 aliphatic carbocycles. The van der Waals surface area contributed by atoms with E-state index in [4.69, 9.17) is 14.5 Å². The normalized spacial score (nSPS) is 15.7. The molecule has 1 fully saturated rings. The van der Waals surface area contributed by atoms with Gasteiger partial charge < -0.3 is 23.7 Å². The van der Waals surface area contributed by atoms with Crippen LogP contribution in [0.25, 0.3) is 33.2 Å². The molecule has 0 bridgehead atoms. The molecule has 6 rings (SSSR count). The Morgan fingerprint density at radius 3 is 2.41 bits per heavy atom. The number of hydrogen-bond acceptors (Lipinski definition) is 5. The maximum atomic E-state index is 10.9. The largest absolute Gasteiger partial charge is 0.497 e. The van der Waals surface area contributed by atoms with Crippen LogP contribution in [0.3, 0.4) is 0 Å². The summed E-state index contributed by atoms with van der Waals surface area (Å²) < 4.78 is 15.8. The Labute approximate surface area is 229 Å². The predicted molar refractivity (Wildman–Crippen MR) is 154 cm³/mol. The van der Waals surface area contributed by atoms with E-state index < -0.39 is 5.60 Å². The van der Waals surface area contributed by atoms with Gasteiger partial charge in [0.05, 0.1) is 53.0 Å². The van der Waals surface area contributed by atoms with Gasteiger partial charge in [-0.25, -0.2) is 4.98 Å². The second-order valence-electron chi connectivity index (χ2n) is 11.2. The first-order valence-electron chi connectivity index (χ1n) is 13.6. The van der Waals surface area contributed by atoms with Gasteiger partial charge in [-0.3, -0.25) is 4.98 Å². The minimum atomic E-state index is -0.964. The monoisotopic (exact) mass is 524 g/mol. The van der Waals surface area contributed by atoms with E-state index in [1.54, 1.807) is 7.11 Å². The molecule has 0 spiro atoms. The quantitative estimate of drug-likeness (QED) is 0.288. The molecule has 1 unspecified atom stereocenters. The zero-order chi connectivity index (χ0) is 27.3. The van der Waals surface area contributed by atoms with E-state index in [0.717, 1.165) is 76.3 Å². The Balaban J connectivity index is 1.68. The van der Waals surface area contributed by atoms with E-state index in [1.165, 1.54) is 5.56 Å². The molecule has 1 aliphatic rings. The summed E-state index contributed by atoms with van der Waals surface area (Å²) in [5, 5.41) is 12.0. The lowest BCUT2D eigenvalue weighted by atomic mass is 9.86. The van der Waals surface area contributed by atoms with Crippen LogP contribution in [0.2, 0.25) is 0 Å². The average molecular weight is 525 g/mol. The maximum absolute atomic E-state index is 10.9. The first-order chi connectivity index (χ1) is 18.8. The molecular formula is C32H36N4O3. The molecule has 39 heavy (non-hydrogen) atoms. The molecule has 5 aromatic rings. The highest BCUT2D eigenvalue weighted by atomic mass is 16.5.